The molecule has 0 saturated carbocycles. The van der Waals surface area contributed by atoms with Crippen LogP contribution in [-0.2, 0) is 0 Å². The maximum Gasteiger partial charge on any atom is 0.164 e. The van der Waals surface area contributed by atoms with Gasteiger partial charge in [-0.3, -0.25) is 0 Å². The van der Waals surface area contributed by atoms with Gasteiger partial charge in [0.15, 0.2) is 23.3 Å². The number of rotatable bonds is 7. The van der Waals surface area contributed by atoms with Crippen molar-refractivity contribution in [3.05, 3.63) is 194 Å². The number of nitrogens with zero attached hydrogens (tertiary/aromatic N) is 6. The van der Waals surface area contributed by atoms with Crippen LogP contribution < -0.4 is 0 Å². The monoisotopic (exact) mass is 772 g/mol. The fourth-order valence-corrected chi connectivity index (χ4v) is 8.64. The van der Waals surface area contributed by atoms with Crippen molar-refractivity contribution >= 4 is 42.5 Å². The molecule has 0 fully saturated rings. The summed E-state index contributed by atoms with van der Waals surface area (Å²) in [6, 6.07) is 64.5. The van der Waals surface area contributed by atoms with Crippen LogP contribution in [0.5, 0.6) is 0 Å². The molecular weight excluding hydrogens is 741 g/mol. The Kier molecular flexibility index (Phi) is 8.56. The Morgan fingerprint density at radius 1 is 0.322 bits per heavy atom. The van der Waals surface area contributed by atoms with Crippen LogP contribution in [0.3, 0.4) is 0 Å². The first-order valence-corrected chi connectivity index (χ1v) is 20.2. The highest BCUT2D eigenvalue weighted by Crippen LogP contribution is 2.41. The third kappa shape index (κ3) is 6.59. The molecule has 0 saturated heterocycles. The molecule has 0 atom stereocenters. The summed E-state index contributed by atoms with van der Waals surface area (Å²) in [6.07, 6.45) is 1.95. The third-order valence-electron chi connectivity index (χ3n) is 10.6. The van der Waals surface area contributed by atoms with Gasteiger partial charge in [-0.25, -0.2) is 29.9 Å². The van der Waals surface area contributed by atoms with Gasteiger partial charge in [0.2, 0.25) is 0 Å². The second-order valence-electron chi connectivity index (χ2n) is 14.4. The molecule has 0 spiro atoms. The molecule has 11 aromatic rings. The lowest BCUT2D eigenvalue weighted by molar-refractivity contribution is 1.07. The van der Waals surface area contributed by atoms with Crippen LogP contribution in [0.25, 0.3) is 110 Å². The van der Waals surface area contributed by atoms with E-state index in [0.717, 1.165) is 81.6 Å². The molecule has 0 unspecified atom stereocenters. The highest BCUT2D eigenvalue weighted by atomic mass is 32.1. The number of fused-ring (bicyclic) bond motifs is 4. The number of hydrogen-bond donors (Lipinski definition) is 0. The largest absolute Gasteiger partial charge is 0.245 e. The van der Waals surface area contributed by atoms with Crippen molar-refractivity contribution < 1.29 is 0 Å². The van der Waals surface area contributed by atoms with Crippen molar-refractivity contribution in [3.8, 4) is 79.1 Å². The van der Waals surface area contributed by atoms with Gasteiger partial charge in [-0.1, -0.05) is 170 Å². The molecule has 0 aliphatic carbocycles. The van der Waals surface area contributed by atoms with Gasteiger partial charge in [-0.15, -0.1) is 11.3 Å². The number of hydrogen-bond acceptors (Lipinski definition) is 7. The average molecular weight is 773 g/mol. The molecule has 4 aromatic heterocycles. The summed E-state index contributed by atoms with van der Waals surface area (Å²) < 4.78 is 1.01. The van der Waals surface area contributed by atoms with Gasteiger partial charge in [-0.05, 0) is 45.7 Å². The molecule has 7 aromatic carbocycles. The fourth-order valence-electron chi connectivity index (χ4n) is 7.57. The standard InChI is InChI=1S/C52H32N6S/c1-4-13-33(14-5-1)40-21-12-22-42(30-40)51-57-49(36-18-8-3-9-19-36)56-50(58-51)38-26-24-37(25-27-38)48-54-45(41-28-23-35-17-10-11-20-39(35)29-41)47-46(55-48)44-31-43(32-53-52(44)59-47)34-15-6-2-7-16-34/h1-32H. The number of aromatic nitrogens is 6. The van der Waals surface area contributed by atoms with Crippen LogP contribution in [0.2, 0.25) is 0 Å². The Labute approximate surface area is 344 Å². The Balaban J connectivity index is 1.04. The minimum absolute atomic E-state index is 0.585. The second-order valence-corrected chi connectivity index (χ2v) is 15.4. The SMILES string of the molecule is c1ccc(-c2cccc(-c3nc(-c4ccccc4)nc(-c4ccc(-c5nc(-c6ccc7ccccc7c6)c6sc7ncc(-c8ccccc8)cc7c6n5)cc4)n3)c2)cc1. The van der Waals surface area contributed by atoms with Gasteiger partial charge in [0, 0.05) is 45.0 Å². The number of pyridine rings is 1. The second kappa shape index (κ2) is 14.6. The maximum atomic E-state index is 5.30. The van der Waals surface area contributed by atoms with Crippen LogP contribution in [0, 0.1) is 0 Å². The Morgan fingerprint density at radius 3 is 1.51 bits per heavy atom. The molecule has 7 heteroatoms. The van der Waals surface area contributed by atoms with E-state index in [0.29, 0.717) is 23.3 Å². The topological polar surface area (TPSA) is 77.3 Å². The van der Waals surface area contributed by atoms with Gasteiger partial charge >= 0.3 is 0 Å². The van der Waals surface area contributed by atoms with Crippen molar-refractivity contribution in [1.82, 2.24) is 29.9 Å². The predicted molar refractivity (Wildman–Crippen MR) is 242 cm³/mol. The fraction of sp³-hybridized carbons (Fsp3) is 0. The number of thiophene rings is 1. The van der Waals surface area contributed by atoms with Crippen molar-refractivity contribution in [2.75, 3.05) is 0 Å². The van der Waals surface area contributed by atoms with E-state index in [1.165, 1.54) is 5.39 Å². The molecule has 0 aliphatic heterocycles. The zero-order chi connectivity index (χ0) is 39.1. The van der Waals surface area contributed by atoms with Crippen LogP contribution in [-0.4, -0.2) is 29.9 Å². The lowest BCUT2D eigenvalue weighted by atomic mass is 10.0. The molecule has 11 rings (SSSR count). The van der Waals surface area contributed by atoms with Crippen LogP contribution in [0.4, 0.5) is 0 Å². The molecular formula is C52H32N6S. The van der Waals surface area contributed by atoms with Gasteiger partial charge in [0.05, 0.1) is 15.9 Å². The summed E-state index contributed by atoms with van der Waals surface area (Å²) >= 11 is 1.64. The van der Waals surface area contributed by atoms with Gasteiger partial charge in [-0.2, -0.15) is 0 Å². The van der Waals surface area contributed by atoms with E-state index in [4.69, 9.17) is 29.9 Å². The van der Waals surface area contributed by atoms with E-state index in [1.54, 1.807) is 11.3 Å². The molecule has 6 nitrogen and oxygen atoms in total. The summed E-state index contributed by atoms with van der Waals surface area (Å²) in [4.78, 5) is 31.5. The van der Waals surface area contributed by atoms with E-state index in [2.05, 4.69) is 133 Å². The van der Waals surface area contributed by atoms with Crippen LogP contribution >= 0.6 is 11.3 Å². The highest BCUT2D eigenvalue weighted by Gasteiger charge is 2.19. The normalized spacial score (nSPS) is 11.4. The predicted octanol–water partition coefficient (Wildman–Crippen LogP) is 13.2. The highest BCUT2D eigenvalue weighted by molar-refractivity contribution is 7.25. The van der Waals surface area contributed by atoms with Crippen LogP contribution in [0.1, 0.15) is 0 Å². The minimum Gasteiger partial charge on any atom is -0.245 e. The summed E-state index contributed by atoms with van der Waals surface area (Å²) in [7, 11) is 0. The summed E-state index contributed by atoms with van der Waals surface area (Å²) in [5, 5.41) is 3.35. The zero-order valence-electron chi connectivity index (χ0n) is 31.6. The Morgan fingerprint density at radius 2 is 0.831 bits per heavy atom. The summed E-state index contributed by atoms with van der Waals surface area (Å²) in [6.45, 7) is 0. The van der Waals surface area contributed by atoms with Crippen LogP contribution in [0.15, 0.2) is 194 Å². The molecule has 0 N–H and O–H groups in total. The van der Waals surface area contributed by atoms with Gasteiger partial charge < -0.3 is 0 Å². The maximum absolute atomic E-state index is 5.30. The molecule has 0 aliphatic rings. The zero-order valence-corrected chi connectivity index (χ0v) is 32.4. The van der Waals surface area contributed by atoms with E-state index in [-0.39, 0.29) is 0 Å². The van der Waals surface area contributed by atoms with Crippen molar-refractivity contribution in [1.29, 1.82) is 0 Å². The average Bonchev–Trinajstić information content (AvgIpc) is 3.70. The minimum atomic E-state index is 0.585. The molecule has 59 heavy (non-hydrogen) atoms. The van der Waals surface area contributed by atoms with E-state index in [9.17, 15) is 0 Å². The van der Waals surface area contributed by atoms with Gasteiger partial charge in [0.1, 0.15) is 4.83 Å². The number of benzene rings is 7. The summed E-state index contributed by atoms with van der Waals surface area (Å²) in [5.41, 5.74) is 10.8. The molecule has 4 heterocycles. The van der Waals surface area contributed by atoms with E-state index in [1.807, 2.05) is 60.8 Å². The Bertz CT molecular complexity index is 3310. The lowest BCUT2D eigenvalue weighted by Gasteiger charge is -2.11. The van der Waals surface area contributed by atoms with Gasteiger partial charge in [0.25, 0.3) is 0 Å². The molecule has 0 amide bonds. The first-order valence-electron chi connectivity index (χ1n) is 19.4. The summed E-state index contributed by atoms with van der Waals surface area (Å²) in [5.74, 6) is 2.44. The first-order chi connectivity index (χ1) is 29.2. The lowest BCUT2D eigenvalue weighted by Crippen LogP contribution is -2.00. The molecule has 0 radical (unpaired) electrons. The van der Waals surface area contributed by atoms with Crippen molar-refractivity contribution in [3.63, 3.8) is 0 Å². The van der Waals surface area contributed by atoms with Crippen molar-refractivity contribution in [2.45, 2.75) is 0 Å². The smallest absolute Gasteiger partial charge is 0.164 e. The quantitative estimate of drug-likeness (QED) is 0.161. The Hall–Kier alpha value is -7.74. The molecule has 276 valence electrons. The van der Waals surface area contributed by atoms with E-state index < -0.39 is 0 Å². The first kappa shape index (κ1) is 34.5. The molecule has 0 bridgehead atoms. The van der Waals surface area contributed by atoms with E-state index >= 15 is 0 Å². The third-order valence-corrected chi connectivity index (χ3v) is 11.7. The van der Waals surface area contributed by atoms with Crippen molar-refractivity contribution in [2.24, 2.45) is 0 Å².